The summed E-state index contributed by atoms with van der Waals surface area (Å²) >= 11 is 1.67. The zero-order valence-electron chi connectivity index (χ0n) is 12.3. The van der Waals surface area contributed by atoms with Crippen LogP contribution in [-0.2, 0) is 11.3 Å². The Hall–Kier alpha value is -1.82. The van der Waals surface area contributed by atoms with Gasteiger partial charge in [0.05, 0.1) is 0 Å². The van der Waals surface area contributed by atoms with Crippen LogP contribution in [0, 0.1) is 0 Å². The van der Waals surface area contributed by atoms with Gasteiger partial charge >= 0.3 is 0 Å². The first kappa shape index (κ1) is 16.2. The van der Waals surface area contributed by atoms with E-state index in [4.69, 9.17) is 0 Å². The fourth-order valence-corrected chi connectivity index (χ4v) is 2.15. The van der Waals surface area contributed by atoms with Crippen LogP contribution in [0.1, 0.15) is 5.56 Å². The molecule has 0 saturated carbocycles. The molecule has 0 aliphatic carbocycles. The first-order valence-corrected chi connectivity index (χ1v) is 7.30. The SMILES string of the molecule is C=CCNC(=NCC(=O)N(C)C)N(C)Cc1ccsc1. The Bertz CT molecular complexity index is 454. The predicted octanol–water partition coefficient (Wildman–Crippen LogP) is 1.40. The quantitative estimate of drug-likeness (QED) is 0.490. The molecule has 0 spiro atoms. The molecule has 0 saturated heterocycles. The van der Waals surface area contributed by atoms with E-state index >= 15 is 0 Å². The van der Waals surface area contributed by atoms with Crippen LogP contribution >= 0.6 is 11.3 Å². The molecular formula is C14H22N4OS. The minimum atomic E-state index is -0.0214. The van der Waals surface area contributed by atoms with E-state index in [1.807, 2.05) is 17.3 Å². The molecule has 1 heterocycles. The molecule has 5 nitrogen and oxygen atoms in total. The van der Waals surface area contributed by atoms with Crippen molar-refractivity contribution in [3.8, 4) is 0 Å². The lowest BCUT2D eigenvalue weighted by Gasteiger charge is -2.21. The Balaban J connectivity index is 2.68. The second kappa shape index (κ2) is 8.37. The Kier molecular flexibility index (Phi) is 6.79. The molecular weight excluding hydrogens is 272 g/mol. The molecule has 0 aliphatic rings. The molecule has 110 valence electrons. The van der Waals surface area contributed by atoms with Gasteiger partial charge in [0, 0.05) is 34.2 Å². The fraction of sp³-hybridized carbons (Fsp3) is 0.429. The number of carbonyl (C=O) groups excluding carboxylic acids is 1. The fourth-order valence-electron chi connectivity index (χ4n) is 1.49. The van der Waals surface area contributed by atoms with E-state index in [1.54, 1.807) is 31.5 Å². The van der Waals surface area contributed by atoms with Crippen molar-refractivity contribution in [3.63, 3.8) is 0 Å². The Labute approximate surface area is 124 Å². The minimum Gasteiger partial charge on any atom is -0.353 e. The van der Waals surface area contributed by atoms with Crippen LogP contribution < -0.4 is 5.32 Å². The highest BCUT2D eigenvalue weighted by Crippen LogP contribution is 2.08. The summed E-state index contributed by atoms with van der Waals surface area (Å²) in [5, 5.41) is 7.32. The maximum atomic E-state index is 11.6. The molecule has 1 amide bonds. The van der Waals surface area contributed by atoms with Crippen LogP contribution in [0.2, 0.25) is 0 Å². The van der Waals surface area contributed by atoms with E-state index in [1.165, 1.54) is 10.5 Å². The monoisotopic (exact) mass is 294 g/mol. The van der Waals surface area contributed by atoms with E-state index < -0.39 is 0 Å². The largest absolute Gasteiger partial charge is 0.353 e. The standard InChI is InChI=1S/C14H22N4OS/c1-5-7-15-14(16-9-13(19)17(2)3)18(4)10-12-6-8-20-11-12/h5-6,8,11H,1,7,9-10H2,2-4H3,(H,15,16). The average molecular weight is 294 g/mol. The van der Waals surface area contributed by atoms with Crippen molar-refractivity contribution >= 4 is 23.2 Å². The second-order valence-corrected chi connectivity index (χ2v) is 5.37. The summed E-state index contributed by atoms with van der Waals surface area (Å²) in [6.07, 6.45) is 1.77. The summed E-state index contributed by atoms with van der Waals surface area (Å²) in [5.41, 5.74) is 1.23. The van der Waals surface area contributed by atoms with Crippen molar-refractivity contribution in [2.45, 2.75) is 6.54 Å². The molecule has 1 aromatic rings. The van der Waals surface area contributed by atoms with Gasteiger partial charge in [0.2, 0.25) is 5.91 Å². The number of nitrogens with zero attached hydrogens (tertiary/aromatic N) is 3. The first-order chi connectivity index (χ1) is 9.54. The van der Waals surface area contributed by atoms with Crippen LogP contribution in [-0.4, -0.2) is 55.9 Å². The third kappa shape index (κ3) is 5.44. The smallest absolute Gasteiger partial charge is 0.243 e. The summed E-state index contributed by atoms with van der Waals surface area (Å²) < 4.78 is 0. The lowest BCUT2D eigenvalue weighted by molar-refractivity contribution is -0.127. The van der Waals surface area contributed by atoms with Gasteiger partial charge in [-0.3, -0.25) is 4.79 Å². The summed E-state index contributed by atoms with van der Waals surface area (Å²) in [6, 6.07) is 2.08. The van der Waals surface area contributed by atoms with Gasteiger partial charge in [-0.15, -0.1) is 6.58 Å². The first-order valence-electron chi connectivity index (χ1n) is 6.36. The summed E-state index contributed by atoms with van der Waals surface area (Å²) in [6.45, 7) is 5.19. The summed E-state index contributed by atoms with van der Waals surface area (Å²) in [5.74, 6) is 0.679. The van der Waals surface area contributed by atoms with Crippen molar-refractivity contribution in [1.29, 1.82) is 0 Å². The predicted molar refractivity (Wildman–Crippen MR) is 85.0 cm³/mol. The highest BCUT2D eigenvalue weighted by atomic mass is 32.1. The second-order valence-electron chi connectivity index (χ2n) is 4.59. The molecule has 0 aromatic carbocycles. The van der Waals surface area contributed by atoms with Crippen LogP contribution in [0.5, 0.6) is 0 Å². The molecule has 1 aromatic heterocycles. The van der Waals surface area contributed by atoms with Crippen molar-refractivity contribution < 1.29 is 4.79 Å². The van der Waals surface area contributed by atoms with Gasteiger partial charge < -0.3 is 15.1 Å². The molecule has 1 N–H and O–H groups in total. The van der Waals surface area contributed by atoms with E-state index in [9.17, 15) is 4.79 Å². The van der Waals surface area contributed by atoms with Gasteiger partial charge in [-0.2, -0.15) is 11.3 Å². The number of guanidine groups is 1. The number of aliphatic imine (C=N–C) groups is 1. The number of thiophene rings is 1. The molecule has 1 rings (SSSR count). The van der Waals surface area contributed by atoms with Crippen molar-refractivity contribution in [1.82, 2.24) is 15.1 Å². The number of nitrogens with one attached hydrogen (secondary N) is 1. The normalized spacial score (nSPS) is 11.1. The van der Waals surface area contributed by atoms with E-state index in [0.29, 0.717) is 12.5 Å². The zero-order chi connectivity index (χ0) is 15.0. The molecule has 0 radical (unpaired) electrons. The Morgan fingerprint density at radius 3 is 2.80 bits per heavy atom. The molecule has 0 aliphatic heterocycles. The summed E-state index contributed by atoms with van der Waals surface area (Å²) in [7, 11) is 5.40. The van der Waals surface area contributed by atoms with Crippen LogP contribution in [0.25, 0.3) is 0 Å². The molecule has 20 heavy (non-hydrogen) atoms. The van der Waals surface area contributed by atoms with E-state index in [2.05, 4.69) is 28.3 Å². The maximum absolute atomic E-state index is 11.6. The number of hydrogen-bond acceptors (Lipinski definition) is 3. The topological polar surface area (TPSA) is 47.9 Å². The number of rotatable bonds is 6. The van der Waals surface area contributed by atoms with Gasteiger partial charge in [-0.1, -0.05) is 6.08 Å². The van der Waals surface area contributed by atoms with Gasteiger partial charge in [0.25, 0.3) is 0 Å². The van der Waals surface area contributed by atoms with Crippen LogP contribution in [0.4, 0.5) is 0 Å². The number of likely N-dealkylation sites (N-methyl/N-ethyl adjacent to an activating group) is 1. The Morgan fingerprint density at radius 1 is 1.50 bits per heavy atom. The van der Waals surface area contributed by atoms with Crippen molar-refractivity contribution in [2.24, 2.45) is 4.99 Å². The summed E-state index contributed by atoms with van der Waals surface area (Å²) in [4.78, 5) is 19.5. The highest BCUT2D eigenvalue weighted by molar-refractivity contribution is 7.07. The third-order valence-electron chi connectivity index (χ3n) is 2.63. The van der Waals surface area contributed by atoms with E-state index in [-0.39, 0.29) is 12.5 Å². The molecule has 0 unspecified atom stereocenters. The Morgan fingerprint density at radius 2 is 2.25 bits per heavy atom. The number of carbonyl (C=O) groups is 1. The van der Waals surface area contributed by atoms with Gasteiger partial charge in [0.15, 0.2) is 5.96 Å². The zero-order valence-corrected chi connectivity index (χ0v) is 13.1. The molecule has 6 heteroatoms. The third-order valence-corrected chi connectivity index (χ3v) is 3.36. The molecule has 0 bridgehead atoms. The molecule has 0 atom stereocenters. The average Bonchev–Trinajstić information content (AvgIpc) is 2.91. The highest BCUT2D eigenvalue weighted by Gasteiger charge is 2.09. The van der Waals surface area contributed by atoms with Gasteiger partial charge in [-0.05, 0) is 22.4 Å². The van der Waals surface area contributed by atoms with Gasteiger partial charge in [-0.25, -0.2) is 4.99 Å². The minimum absolute atomic E-state index is 0.0214. The van der Waals surface area contributed by atoms with Crippen LogP contribution in [0.15, 0.2) is 34.5 Å². The van der Waals surface area contributed by atoms with Gasteiger partial charge in [0.1, 0.15) is 6.54 Å². The van der Waals surface area contributed by atoms with E-state index in [0.717, 1.165) is 6.54 Å². The maximum Gasteiger partial charge on any atom is 0.243 e. The lowest BCUT2D eigenvalue weighted by Crippen LogP contribution is -2.39. The lowest BCUT2D eigenvalue weighted by atomic mass is 10.3. The number of hydrogen-bond donors (Lipinski definition) is 1. The number of amides is 1. The van der Waals surface area contributed by atoms with Crippen molar-refractivity contribution in [2.75, 3.05) is 34.2 Å². The van der Waals surface area contributed by atoms with Crippen LogP contribution in [0.3, 0.4) is 0 Å². The van der Waals surface area contributed by atoms with Crippen molar-refractivity contribution in [3.05, 3.63) is 35.0 Å². The molecule has 0 fully saturated rings.